The number of aromatic nitrogens is 3. The normalized spacial score (nSPS) is 15.6. The van der Waals surface area contributed by atoms with Gasteiger partial charge in [0.25, 0.3) is 0 Å². The van der Waals surface area contributed by atoms with Crippen LogP contribution >= 0.6 is 36.2 Å². The van der Waals surface area contributed by atoms with Gasteiger partial charge in [-0.25, -0.2) is 4.98 Å². The molecule has 0 saturated carbocycles. The maximum Gasteiger partial charge on any atom is 0.247 e. The molecule has 1 atom stereocenters. The zero-order valence-corrected chi connectivity index (χ0v) is 17.4. The zero-order valence-electron chi connectivity index (χ0n) is 15.0. The molecule has 3 heterocycles. The van der Waals surface area contributed by atoms with E-state index in [4.69, 9.17) is 0 Å². The number of nitrogens with zero attached hydrogens (tertiary/aromatic N) is 4. The quantitative estimate of drug-likeness (QED) is 0.750. The molecule has 0 radical (unpaired) electrons. The van der Waals surface area contributed by atoms with E-state index >= 15 is 0 Å². The summed E-state index contributed by atoms with van der Waals surface area (Å²) in [5.41, 5.74) is 1.86. The van der Waals surface area contributed by atoms with E-state index in [-0.39, 0.29) is 30.7 Å². The third kappa shape index (κ3) is 5.92. The predicted octanol–water partition coefficient (Wildman–Crippen LogP) is 2.61. The van der Waals surface area contributed by atoms with Crippen molar-refractivity contribution >= 4 is 47.2 Å². The van der Waals surface area contributed by atoms with Crippen molar-refractivity contribution in [3.05, 3.63) is 29.0 Å². The third-order valence-electron chi connectivity index (χ3n) is 4.23. The molecule has 2 aromatic rings. The second-order valence-corrected chi connectivity index (χ2v) is 7.00. The van der Waals surface area contributed by atoms with E-state index in [2.05, 4.69) is 25.6 Å². The van der Waals surface area contributed by atoms with Crippen LogP contribution in [0, 0.1) is 0 Å². The van der Waals surface area contributed by atoms with Gasteiger partial charge in [0.2, 0.25) is 5.91 Å². The van der Waals surface area contributed by atoms with E-state index in [9.17, 15) is 4.79 Å². The van der Waals surface area contributed by atoms with Gasteiger partial charge in [0.15, 0.2) is 5.13 Å². The summed E-state index contributed by atoms with van der Waals surface area (Å²) in [6, 6.07) is -0.437. The summed E-state index contributed by atoms with van der Waals surface area (Å²) in [4.78, 5) is 19.5. The van der Waals surface area contributed by atoms with Crippen molar-refractivity contribution in [2.45, 2.75) is 31.8 Å². The molecule has 3 rings (SSSR count). The van der Waals surface area contributed by atoms with Crippen LogP contribution in [0.25, 0.3) is 0 Å². The van der Waals surface area contributed by atoms with Crippen LogP contribution < -0.4 is 10.6 Å². The van der Waals surface area contributed by atoms with Crippen molar-refractivity contribution in [3.63, 3.8) is 0 Å². The number of anilines is 1. The molecule has 26 heavy (non-hydrogen) atoms. The average Bonchev–Trinajstić information content (AvgIpc) is 3.18. The van der Waals surface area contributed by atoms with Crippen LogP contribution in [-0.4, -0.2) is 45.7 Å². The molecule has 1 saturated heterocycles. The first-order chi connectivity index (χ1) is 11.7. The Labute approximate surface area is 170 Å². The molecule has 2 N–H and O–H groups in total. The van der Waals surface area contributed by atoms with Gasteiger partial charge in [-0.1, -0.05) is 6.42 Å². The minimum absolute atomic E-state index is 0. The highest BCUT2D eigenvalue weighted by Crippen LogP contribution is 2.21. The summed E-state index contributed by atoms with van der Waals surface area (Å²) in [7, 11) is 3.60. The number of halogens is 2. The van der Waals surface area contributed by atoms with Crippen LogP contribution in [0.15, 0.2) is 17.8 Å². The fourth-order valence-electron chi connectivity index (χ4n) is 3.00. The van der Waals surface area contributed by atoms with E-state index < -0.39 is 6.04 Å². The number of hydrogen-bond acceptors (Lipinski definition) is 6. The number of carbonyl (C=O) groups is 1. The van der Waals surface area contributed by atoms with Crippen LogP contribution in [0.5, 0.6) is 0 Å². The fraction of sp³-hybridized carbons (Fsp3) is 0.562. The van der Waals surface area contributed by atoms with Crippen molar-refractivity contribution < 1.29 is 4.79 Å². The second kappa shape index (κ2) is 10.8. The molecule has 0 aliphatic carbocycles. The number of amides is 1. The summed E-state index contributed by atoms with van der Waals surface area (Å²) in [5, 5.41) is 12.7. The lowest BCUT2D eigenvalue weighted by molar-refractivity contribution is -0.118. The smallest absolute Gasteiger partial charge is 0.247 e. The number of hydrogen-bond donors (Lipinski definition) is 2. The lowest BCUT2D eigenvalue weighted by atomic mass is 10.1. The fourth-order valence-corrected chi connectivity index (χ4v) is 3.70. The Morgan fingerprint density at radius 3 is 2.65 bits per heavy atom. The zero-order chi connectivity index (χ0) is 16.9. The summed E-state index contributed by atoms with van der Waals surface area (Å²) in [6.45, 7) is 3.15. The highest BCUT2D eigenvalue weighted by atomic mass is 35.5. The van der Waals surface area contributed by atoms with Gasteiger partial charge in [0.05, 0.1) is 11.9 Å². The minimum Gasteiger partial charge on any atom is -0.305 e. The molecular weight excluding hydrogens is 395 g/mol. The number of rotatable bonds is 6. The Bertz CT molecular complexity index is 686. The van der Waals surface area contributed by atoms with Gasteiger partial charge in [0, 0.05) is 30.7 Å². The first kappa shape index (κ1) is 22.9. The number of nitrogens with one attached hydrogen (secondary N) is 2. The van der Waals surface area contributed by atoms with Gasteiger partial charge < -0.3 is 10.6 Å². The summed E-state index contributed by atoms with van der Waals surface area (Å²) >= 11 is 1.48. The molecule has 0 spiro atoms. The van der Waals surface area contributed by atoms with Crippen LogP contribution in [0.4, 0.5) is 5.13 Å². The maximum atomic E-state index is 12.5. The third-order valence-corrected chi connectivity index (χ3v) is 5.03. The van der Waals surface area contributed by atoms with Crippen LogP contribution in [0.1, 0.15) is 36.6 Å². The Kier molecular flexibility index (Phi) is 9.52. The second-order valence-electron chi connectivity index (χ2n) is 6.14. The van der Waals surface area contributed by atoms with Crippen LogP contribution in [0.2, 0.25) is 0 Å². The molecule has 10 heteroatoms. The highest BCUT2D eigenvalue weighted by Gasteiger charge is 2.21. The van der Waals surface area contributed by atoms with Crippen molar-refractivity contribution in [2.24, 2.45) is 7.05 Å². The van der Waals surface area contributed by atoms with Gasteiger partial charge in [-0.05, 0) is 33.0 Å². The SMILES string of the molecule is CNC(C(=O)Nc1nc(CN2CCCCC2)cs1)c1cnn(C)c1.Cl.Cl. The molecule has 1 aliphatic heterocycles. The lowest BCUT2D eigenvalue weighted by Gasteiger charge is -2.25. The lowest BCUT2D eigenvalue weighted by Crippen LogP contribution is -2.30. The summed E-state index contributed by atoms with van der Waals surface area (Å²) in [5.74, 6) is -0.121. The molecule has 1 aliphatic rings. The number of carbonyl (C=O) groups excluding carboxylic acids is 1. The van der Waals surface area contributed by atoms with Crippen molar-refractivity contribution in [1.29, 1.82) is 0 Å². The van der Waals surface area contributed by atoms with E-state index in [1.165, 1.54) is 30.6 Å². The van der Waals surface area contributed by atoms with Gasteiger partial charge >= 0.3 is 0 Å². The van der Waals surface area contributed by atoms with Gasteiger partial charge in [-0.15, -0.1) is 36.2 Å². The summed E-state index contributed by atoms with van der Waals surface area (Å²) in [6.07, 6.45) is 7.40. The molecule has 2 aromatic heterocycles. The monoisotopic (exact) mass is 420 g/mol. The number of aryl methyl sites for hydroxylation is 1. The van der Waals surface area contributed by atoms with E-state index in [0.717, 1.165) is 30.9 Å². The molecule has 1 fully saturated rings. The molecule has 1 unspecified atom stereocenters. The number of thiazole rings is 1. The average molecular weight is 421 g/mol. The van der Waals surface area contributed by atoms with Crippen LogP contribution in [0.3, 0.4) is 0 Å². The largest absolute Gasteiger partial charge is 0.305 e. The highest BCUT2D eigenvalue weighted by molar-refractivity contribution is 7.13. The topological polar surface area (TPSA) is 75.1 Å². The number of likely N-dealkylation sites (tertiary alicyclic amines) is 1. The predicted molar refractivity (Wildman–Crippen MR) is 109 cm³/mol. The first-order valence-corrected chi connectivity index (χ1v) is 9.17. The molecule has 146 valence electrons. The maximum absolute atomic E-state index is 12.5. The number of piperidine rings is 1. The van der Waals surface area contributed by atoms with Crippen LogP contribution in [-0.2, 0) is 18.4 Å². The first-order valence-electron chi connectivity index (χ1n) is 8.29. The Hall–Kier alpha value is -1.19. The Balaban J connectivity index is 0.00000169. The molecular formula is C16H26Cl2N6OS. The summed E-state index contributed by atoms with van der Waals surface area (Å²) < 4.78 is 1.69. The van der Waals surface area contributed by atoms with Gasteiger partial charge in [0.1, 0.15) is 6.04 Å². The minimum atomic E-state index is -0.437. The van der Waals surface area contributed by atoms with E-state index in [1.807, 2.05) is 18.6 Å². The van der Waals surface area contributed by atoms with Gasteiger partial charge in [-0.3, -0.25) is 14.4 Å². The molecule has 1 amide bonds. The van der Waals surface area contributed by atoms with Crippen molar-refractivity contribution in [1.82, 2.24) is 25.0 Å². The van der Waals surface area contributed by atoms with Gasteiger partial charge in [-0.2, -0.15) is 5.10 Å². The standard InChI is InChI=1S/C16H24N6OS.2ClH/c1-17-14(12-8-18-21(2)9-12)15(23)20-16-19-13(11-24-16)10-22-6-4-3-5-7-22;;/h8-9,11,14,17H,3-7,10H2,1-2H3,(H,19,20,23);2*1H. The van der Waals surface area contributed by atoms with Crippen molar-refractivity contribution in [2.75, 3.05) is 25.5 Å². The Morgan fingerprint density at radius 2 is 2.04 bits per heavy atom. The van der Waals surface area contributed by atoms with E-state index in [0.29, 0.717) is 5.13 Å². The van der Waals surface area contributed by atoms with Crippen molar-refractivity contribution in [3.8, 4) is 0 Å². The molecule has 7 nitrogen and oxygen atoms in total. The Morgan fingerprint density at radius 1 is 1.31 bits per heavy atom. The molecule has 0 aromatic carbocycles. The number of likely N-dealkylation sites (N-methyl/N-ethyl adjacent to an activating group) is 1. The molecule has 0 bridgehead atoms. The van der Waals surface area contributed by atoms with E-state index in [1.54, 1.807) is 17.9 Å².